The van der Waals surface area contributed by atoms with Crippen LogP contribution in [0.4, 0.5) is 5.69 Å². The number of hydrogen-bond acceptors (Lipinski definition) is 4. The standard InChI is InChI=1S/C14H16N2O3/c1-9-4-3-5-11(10(9)2)15-12-8-13(18)16(6-7-17)14(12)19/h3-5,8,15,17H,6-7H2,1-2H3. The van der Waals surface area contributed by atoms with Gasteiger partial charge >= 0.3 is 0 Å². The van der Waals surface area contributed by atoms with Gasteiger partial charge in [-0.1, -0.05) is 12.1 Å². The van der Waals surface area contributed by atoms with Crippen LogP contribution in [0.25, 0.3) is 0 Å². The monoisotopic (exact) mass is 260 g/mol. The summed E-state index contributed by atoms with van der Waals surface area (Å²) in [7, 11) is 0. The molecule has 0 unspecified atom stereocenters. The van der Waals surface area contributed by atoms with Gasteiger partial charge in [-0.05, 0) is 31.0 Å². The largest absolute Gasteiger partial charge is 0.395 e. The zero-order valence-electron chi connectivity index (χ0n) is 10.9. The second-order valence-electron chi connectivity index (χ2n) is 4.45. The molecule has 1 aliphatic heterocycles. The summed E-state index contributed by atoms with van der Waals surface area (Å²) in [6.45, 7) is 3.72. The van der Waals surface area contributed by atoms with Gasteiger partial charge in [0.15, 0.2) is 0 Å². The molecule has 0 aliphatic carbocycles. The van der Waals surface area contributed by atoms with Crippen LogP contribution in [0.3, 0.4) is 0 Å². The number of carbonyl (C=O) groups is 2. The Hall–Kier alpha value is -2.14. The Labute approximate surface area is 111 Å². The summed E-state index contributed by atoms with van der Waals surface area (Å²) in [6, 6.07) is 5.72. The Bertz CT molecular complexity index is 564. The van der Waals surface area contributed by atoms with Gasteiger partial charge in [-0.25, -0.2) is 0 Å². The molecule has 0 fully saturated rings. The van der Waals surface area contributed by atoms with E-state index in [-0.39, 0.29) is 18.8 Å². The highest BCUT2D eigenvalue weighted by Gasteiger charge is 2.30. The maximum absolute atomic E-state index is 12.0. The maximum atomic E-state index is 12.0. The number of aliphatic hydroxyl groups excluding tert-OH is 1. The van der Waals surface area contributed by atoms with Gasteiger partial charge in [-0.15, -0.1) is 0 Å². The van der Waals surface area contributed by atoms with E-state index in [1.807, 2.05) is 32.0 Å². The summed E-state index contributed by atoms with van der Waals surface area (Å²) in [6.07, 6.45) is 1.26. The van der Waals surface area contributed by atoms with E-state index in [1.54, 1.807) is 0 Å². The zero-order valence-corrected chi connectivity index (χ0v) is 10.9. The lowest BCUT2D eigenvalue weighted by Crippen LogP contribution is -2.34. The molecule has 0 saturated carbocycles. The number of aryl methyl sites for hydroxylation is 1. The van der Waals surface area contributed by atoms with E-state index in [9.17, 15) is 9.59 Å². The average Bonchev–Trinajstić information content (AvgIpc) is 2.63. The Morgan fingerprint density at radius 2 is 2.00 bits per heavy atom. The van der Waals surface area contributed by atoms with Gasteiger partial charge in [0.05, 0.1) is 13.2 Å². The number of nitrogens with one attached hydrogen (secondary N) is 1. The second kappa shape index (κ2) is 5.24. The van der Waals surface area contributed by atoms with E-state index < -0.39 is 11.8 Å². The lowest BCUT2D eigenvalue weighted by atomic mass is 10.1. The Kier molecular flexibility index (Phi) is 3.66. The van der Waals surface area contributed by atoms with E-state index in [0.717, 1.165) is 21.7 Å². The third-order valence-electron chi connectivity index (χ3n) is 3.21. The van der Waals surface area contributed by atoms with Crippen LogP contribution >= 0.6 is 0 Å². The average molecular weight is 260 g/mol. The van der Waals surface area contributed by atoms with E-state index in [2.05, 4.69) is 5.32 Å². The summed E-state index contributed by atoms with van der Waals surface area (Å²) < 4.78 is 0. The number of nitrogens with zero attached hydrogens (tertiary/aromatic N) is 1. The van der Waals surface area contributed by atoms with Crippen LogP contribution in [0.2, 0.25) is 0 Å². The summed E-state index contributed by atoms with van der Waals surface area (Å²) in [4.78, 5) is 24.6. The van der Waals surface area contributed by atoms with Crippen LogP contribution in [0, 0.1) is 13.8 Å². The topological polar surface area (TPSA) is 69.6 Å². The molecule has 100 valence electrons. The van der Waals surface area contributed by atoms with Crippen molar-refractivity contribution in [2.24, 2.45) is 0 Å². The van der Waals surface area contributed by atoms with Crippen LogP contribution in [-0.4, -0.2) is 35.0 Å². The van der Waals surface area contributed by atoms with Gasteiger partial charge in [0, 0.05) is 11.8 Å². The molecule has 0 spiro atoms. The van der Waals surface area contributed by atoms with Crippen LogP contribution in [0.5, 0.6) is 0 Å². The summed E-state index contributed by atoms with van der Waals surface area (Å²) in [5.41, 5.74) is 3.18. The van der Waals surface area contributed by atoms with Gasteiger partial charge in [0.1, 0.15) is 5.70 Å². The van der Waals surface area contributed by atoms with Crippen molar-refractivity contribution in [3.63, 3.8) is 0 Å². The minimum atomic E-state index is -0.403. The third-order valence-corrected chi connectivity index (χ3v) is 3.21. The number of hydrogen-bond donors (Lipinski definition) is 2. The van der Waals surface area contributed by atoms with Gasteiger partial charge in [0.25, 0.3) is 11.8 Å². The number of amides is 2. The molecule has 2 N–H and O–H groups in total. The molecule has 1 aliphatic rings. The molecule has 5 heteroatoms. The summed E-state index contributed by atoms with van der Waals surface area (Å²) >= 11 is 0. The molecule has 0 radical (unpaired) electrons. The Morgan fingerprint density at radius 3 is 2.68 bits per heavy atom. The van der Waals surface area contributed by atoms with E-state index in [0.29, 0.717) is 0 Å². The second-order valence-corrected chi connectivity index (χ2v) is 4.45. The van der Waals surface area contributed by atoms with Crippen molar-refractivity contribution in [2.75, 3.05) is 18.5 Å². The molecule has 1 heterocycles. The zero-order chi connectivity index (χ0) is 14.0. The van der Waals surface area contributed by atoms with Crippen molar-refractivity contribution >= 4 is 17.5 Å². The van der Waals surface area contributed by atoms with Crippen LogP contribution < -0.4 is 5.32 Å². The number of carbonyl (C=O) groups excluding carboxylic acids is 2. The highest BCUT2D eigenvalue weighted by molar-refractivity contribution is 6.17. The molecule has 5 nitrogen and oxygen atoms in total. The summed E-state index contributed by atoms with van der Waals surface area (Å²) in [5, 5.41) is 11.8. The number of imide groups is 1. The highest BCUT2D eigenvalue weighted by atomic mass is 16.3. The highest BCUT2D eigenvalue weighted by Crippen LogP contribution is 2.22. The third kappa shape index (κ3) is 2.51. The molecular weight excluding hydrogens is 244 g/mol. The van der Waals surface area contributed by atoms with Gasteiger partial charge in [0.2, 0.25) is 0 Å². The van der Waals surface area contributed by atoms with Crippen molar-refractivity contribution in [1.29, 1.82) is 0 Å². The first kappa shape index (κ1) is 13.3. The number of β-amino-alcohol motifs (C(OH)–C–C–N with tert-alkyl or cyclic N) is 1. The van der Waals surface area contributed by atoms with Crippen molar-refractivity contribution in [3.05, 3.63) is 41.1 Å². The predicted octanol–water partition coefficient (Wildman–Crippen LogP) is 0.960. The van der Waals surface area contributed by atoms with Gasteiger partial charge in [-0.3, -0.25) is 14.5 Å². The van der Waals surface area contributed by atoms with Crippen LogP contribution in [0.15, 0.2) is 30.0 Å². The van der Waals surface area contributed by atoms with Crippen molar-refractivity contribution in [3.8, 4) is 0 Å². The molecule has 1 aromatic carbocycles. The van der Waals surface area contributed by atoms with Crippen LogP contribution in [-0.2, 0) is 9.59 Å². The lowest BCUT2D eigenvalue weighted by molar-refractivity contribution is -0.137. The van der Waals surface area contributed by atoms with Gasteiger partial charge in [-0.2, -0.15) is 0 Å². The van der Waals surface area contributed by atoms with E-state index in [1.165, 1.54) is 6.08 Å². The minimum Gasteiger partial charge on any atom is -0.395 e. The molecule has 2 amide bonds. The molecule has 2 rings (SSSR count). The molecule has 0 aromatic heterocycles. The van der Waals surface area contributed by atoms with Crippen molar-refractivity contribution in [1.82, 2.24) is 4.90 Å². The fraction of sp³-hybridized carbons (Fsp3) is 0.286. The first-order valence-corrected chi connectivity index (χ1v) is 6.06. The Balaban J connectivity index is 2.21. The Morgan fingerprint density at radius 1 is 1.26 bits per heavy atom. The van der Waals surface area contributed by atoms with Crippen LogP contribution in [0.1, 0.15) is 11.1 Å². The minimum absolute atomic E-state index is 0.0200. The van der Waals surface area contributed by atoms with Crippen molar-refractivity contribution < 1.29 is 14.7 Å². The molecule has 0 saturated heterocycles. The molecule has 1 aromatic rings. The normalized spacial score (nSPS) is 14.9. The first-order valence-electron chi connectivity index (χ1n) is 6.06. The number of anilines is 1. The summed E-state index contributed by atoms with van der Waals surface area (Å²) in [5.74, 6) is -0.799. The van der Waals surface area contributed by atoms with E-state index >= 15 is 0 Å². The van der Waals surface area contributed by atoms with Gasteiger partial charge < -0.3 is 10.4 Å². The number of rotatable bonds is 4. The fourth-order valence-corrected chi connectivity index (χ4v) is 1.94. The van der Waals surface area contributed by atoms with E-state index in [4.69, 9.17) is 5.11 Å². The number of aliphatic hydroxyl groups is 1. The molecular formula is C14H16N2O3. The molecule has 0 bridgehead atoms. The van der Waals surface area contributed by atoms with Crippen molar-refractivity contribution in [2.45, 2.75) is 13.8 Å². The molecule has 19 heavy (non-hydrogen) atoms. The predicted molar refractivity (Wildman–Crippen MR) is 71.4 cm³/mol. The fourth-order valence-electron chi connectivity index (χ4n) is 1.94. The number of benzene rings is 1. The molecule has 0 atom stereocenters. The lowest BCUT2D eigenvalue weighted by Gasteiger charge is -2.14. The quantitative estimate of drug-likeness (QED) is 0.791. The first-order chi connectivity index (χ1) is 9.04. The SMILES string of the molecule is Cc1cccc(NC2=CC(=O)N(CCO)C2=O)c1C. The maximum Gasteiger partial charge on any atom is 0.277 e. The smallest absolute Gasteiger partial charge is 0.277 e.